The molecule has 0 radical (unpaired) electrons. The van der Waals surface area contributed by atoms with E-state index in [0.29, 0.717) is 11.6 Å². The summed E-state index contributed by atoms with van der Waals surface area (Å²) in [6, 6.07) is 8.47. The predicted molar refractivity (Wildman–Crippen MR) is 155 cm³/mol. The van der Waals surface area contributed by atoms with Crippen molar-refractivity contribution in [2.24, 2.45) is 5.92 Å². The normalized spacial score (nSPS) is 19.5. The SMILES string of the molecule is CCN1C([C@@H](c2cccc(-n3cc4c(C(F)(F)F)cc(CN(CC)S(C)(=O)=O)cn4c3=O)c2)C2CCC2)[N+](C)=CN1C. The van der Waals surface area contributed by atoms with E-state index in [9.17, 15) is 26.4 Å². The fraction of sp³-hybridized carbons (Fsp3) is 0.517. The van der Waals surface area contributed by atoms with E-state index in [2.05, 4.69) is 34.9 Å². The molecule has 0 N–H and O–H groups in total. The zero-order valence-electron chi connectivity index (χ0n) is 24.5. The standard InChI is InChI=1S/C29H38F3N6O3S/c1-6-35(42(5,40)41)16-20-14-24(29(30,31)32)25-18-36(28(39)37(25)17-20)23-13-9-12-22(15-23)26(21-10-8-11-21)27-33(3)19-34(4)38(27)7-2/h9,12-15,17-19,21,26-27H,6-8,10-11,16H2,1-5H3/q+1/t26-,27?/m1/s1. The molecule has 0 bridgehead atoms. The molecule has 5 rings (SSSR count). The Balaban J connectivity index is 1.62. The first-order chi connectivity index (χ1) is 19.7. The Bertz CT molecular complexity index is 1680. The third-order valence-corrected chi connectivity index (χ3v) is 9.95. The lowest BCUT2D eigenvalue weighted by atomic mass is 9.71. The number of rotatable bonds is 9. The van der Waals surface area contributed by atoms with Crippen molar-refractivity contribution in [1.82, 2.24) is 23.3 Å². The Morgan fingerprint density at radius 2 is 1.86 bits per heavy atom. The Kier molecular flexibility index (Phi) is 8.05. The van der Waals surface area contributed by atoms with E-state index in [1.807, 2.05) is 25.2 Å². The van der Waals surface area contributed by atoms with Gasteiger partial charge in [0.1, 0.15) is 0 Å². The van der Waals surface area contributed by atoms with Gasteiger partial charge in [0, 0.05) is 37.9 Å². The van der Waals surface area contributed by atoms with Crippen molar-refractivity contribution in [2.75, 3.05) is 33.4 Å². The van der Waals surface area contributed by atoms with Gasteiger partial charge in [-0.25, -0.2) is 17.8 Å². The Hall–Kier alpha value is -3.16. The third kappa shape index (κ3) is 5.49. The third-order valence-electron chi connectivity index (χ3n) is 8.62. The van der Waals surface area contributed by atoms with Gasteiger partial charge in [-0.05, 0) is 55.0 Å². The second kappa shape index (κ2) is 11.2. The molecule has 1 aromatic carbocycles. The number of benzene rings is 1. The van der Waals surface area contributed by atoms with E-state index in [-0.39, 0.29) is 36.3 Å². The topological polar surface area (TPSA) is 73.3 Å². The van der Waals surface area contributed by atoms with E-state index in [1.54, 1.807) is 13.0 Å². The Morgan fingerprint density at radius 1 is 1.14 bits per heavy atom. The quantitative estimate of drug-likeness (QED) is 0.345. The van der Waals surface area contributed by atoms with E-state index >= 15 is 0 Å². The van der Waals surface area contributed by atoms with Gasteiger partial charge in [-0.1, -0.05) is 25.5 Å². The number of alkyl halides is 3. The molecule has 1 aliphatic heterocycles. The molecule has 13 heteroatoms. The van der Waals surface area contributed by atoms with Crippen molar-refractivity contribution in [3.8, 4) is 5.69 Å². The van der Waals surface area contributed by atoms with E-state index in [4.69, 9.17) is 0 Å². The smallest absolute Gasteiger partial charge is 0.267 e. The highest BCUT2D eigenvalue weighted by Crippen LogP contribution is 2.44. The maximum absolute atomic E-state index is 14.2. The lowest BCUT2D eigenvalue weighted by molar-refractivity contribution is -0.555. The number of sulfonamides is 1. The Morgan fingerprint density at radius 3 is 2.43 bits per heavy atom. The molecule has 9 nitrogen and oxygen atoms in total. The van der Waals surface area contributed by atoms with Gasteiger partial charge in [0.25, 0.3) is 6.34 Å². The zero-order chi connectivity index (χ0) is 30.6. The molecule has 1 unspecified atom stereocenters. The number of hydrogen-bond donors (Lipinski definition) is 0. The lowest BCUT2D eigenvalue weighted by Crippen LogP contribution is -2.48. The average Bonchev–Trinajstić information content (AvgIpc) is 3.37. The number of pyridine rings is 1. The maximum atomic E-state index is 14.2. The summed E-state index contributed by atoms with van der Waals surface area (Å²) < 4.78 is 72.4. The summed E-state index contributed by atoms with van der Waals surface area (Å²) in [5, 5.41) is 4.38. The van der Waals surface area contributed by atoms with Crippen LogP contribution in [0.15, 0.2) is 47.5 Å². The van der Waals surface area contributed by atoms with E-state index in [1.165, 1.54) is 17.0 Å². The molecule has 1 fully saturated rings. The van der Waals surface area contributed by atoms with Crippen LogP contribution in [0.1, 0.15) is 55.7 Å². The van der Waals surface area contributed by atoms with Gasteiger partial charge in [-0.3, -0.25) is 8.97 Å². The van der Waals surface area contributed by atoms with Crippen molar-refractivity contribution in [1.29, 1.82) is 0 Å². The second-order valence-corrected chi connectivity index (χ2v) is 13.3. The first kappa shape index (κ1) is 30.3. The molecule has 1 aliphatic carbocycles. The summed E-state index contributed by atoms with van der Waals surface area (Å²) in [6.07, 6.45) is 4.26. The first-order valence-electron chi connectivity index (χ1n) is 14.2. The molecule has 1 saturated carbocycles. The van der Waals surface area contributed by atoms with Crippen LogP contribution in [0.25, 0.3) is 11.2 Å². The van der Waals surface area contributed by atoms with Crippen molar-refractivity contribution < 1.29 is 26.2 Å². The molecule has 3 heterocycles. The number of imidazole rings is 1. The van der Waals surface area contributed by atoms with Gasteiger partial charge in [-0.15, -0.1) is 5.01 Å². The zero-order valence-corrected chi connectivity index (χ0v) is 25.4. The summed E-state index contributed by atoms with van der Waals surface area (Å²) in [7, 11) is 0.416. The van der Waals surface area contributed by atoms with E-state index in [0.717, 1.165) is 52.4 Å². The number of halogens is 3. The van der Waals surface area contributed by atoms with Gasteiger partial charge < -0.3 is 0 Å². The van der Waals surface area contributed by atoms with Crippen molar-refractivity contribution in [2.45, 2.75) is 57.9 Å². The van der Waals surface area contributed by atoms with Gasteiger partial charge >= 0.3 is 11.9 Å². The Labute approximate surface area is 244 Å². The summed E-state index contributed by atoms with van der Waals surface area (Å²) >= 11 is 0. The molecule has 0 spiro atoms. The molecule has 0 saturated heterocycles. The summed E-state index contributed by atoms with van der Waals surface area (Å²) in [4.78, 5) is 13.6. The van der Waals surface area contributed by atoms with Gasteiger partial charge in [0.05, 0.1) is 37.1 Å². The van der Waals surface area contributed by atoms with Crippen LogP contribution in [-0.2, 0) is 22.7 Å². The molecule has 2 aliphatic rings. The van der Waals surface area contributed by atoms with Crippen LogP contribution >= 0.6 is 0 Å². The van der Waals surface area contributed by atoms with Crippen LogP contribution < -0.4 is 5.69 Å². The van der Waals surface area contributed by atoms with Gasteiger partial charge in [0.2, 0.25) is 10.0 Å². The number of aromatic nitrogens is 2. The molecule has 2 atom stereocenters. The molecule has 2 aromatic heterocycles. The number of fused-ring (bicyclic) bond motifs is 1. The van der Waals surface area contributed by atoms with Crippen LogP contribution in [0.3, 0.4) is 0 Å². The molecular weight excluding hydrogens is 569 g/mol. The number of nitrogens with zero attached hydrogens (tertiary/aromatic N) is 6. The van der Waals surface area contributed by atoms with Gasteiger partial charge in [-0.2, -0.15) is 22.5 Å². The second-order valence-electron chi connectivity index (χ2n) is 11.3. The summed E-state index contributed by atoms with van der Waals surface area (Å²) in [5.41, 5.74) is -0.352. The minimum absolute atomic E-state index is 0.0705. The minimum atomic E-state index is -4.75. The highest BCUT2D eigenvalue weighted by atomic mass is 32.2. The van der Waals surface area contributed by atoms with Gasteiger partial charge in [0.15, 0.2) is 6.17 Å². The number of likely N-dealkylation sites (N-methyl/N-ethyl adjacent to an activating group) is 2. The molecule has 3 aromatic rings. The monoisotopic (exact) mass is 607 g/mol. The van der Waals surface area contributed by atoms with Crippen molar-refractivity contribution in [3.05, 3.63) is 69.9 Å². The van der Waals surface area contributed by atoms with Crippen LogP contribution in [0.5, 0.6) is 0 Å². The van der Waals surface area contributed by atoms with E-state index < -0.39 is 27.5 Å². The van der Waals surface area contributed by atoms with Crippen molar-refractivity contribution in [3.63, 3.8) is 0 Å². The largest absolute Gasteiger partial charge is 0.418 e. The highest BCUT2D eigenvalue weighted by Gasteiger charge is 2.46. The molecule has 42 heavy (non-hydrogen) atoms. The highest BCUT2D eigenvalue weighted by molar-refractivity contribution is 7.88. The minimum Gasteiger partial charge on any atom is -0.267 e. The average molecular weight is 608 g/mol. The maximum Gasteiger partial charge on any atom is 0.418 e. The molecule has 0 amide bonds. The first-order valence-corrected chi connectivity index (χ1v) is 16.0. The number of hydrazine groups is 1. The van der Waals surface area contributed by atoms with Crippen molar-refractivity contribution >= 4 is 21.9 Å². The predicted octanol–water partition coefficient (Wildman–Crippen LogP) is 3.95. The summed E-state index contributed by atoms with van der Waals surface area (Å²) in [5.74, 6) is 0.577. The van der Waals surface area contributed by atoms with Crippen LogP contribution in [-0.4, -0.2) is 82.2 Å². The fourth-order valence-electron chi connectivity index (χ4n) is 6.42. The lowest BCUT2D eigenvalue weighted by Gasteiger charge is -2.39. The van der Waals surface area contributed by atoms with Crippen LogP contribution in [0.2, 0.25) is 0 Å². The number of hydrogen-bond acceptors (Lipinski definition) is 5. The van der Waals surface area contributed by atoms with Crippen LogP contribution in [0, 0.1) is 5.92 Å². The fourth-order valence-corrected chi connectivity index (χ4v) is 7.28. The molecule has 228 valence electrons. The summed E-state index contributed by atoms with van der Waals surface area (Å²) in [6.45, 7) is 4.34. The molecular formula is C29H38F3N6O3S+. The van der Waals surface area contributed by atoms with Crippen LogP contribution in [0.4, 0.5) is 13.2 Å².